The Morgan fingerprint density at radius 3 is 2.64 bits per heavy atom. The van der Waals surface area contributed by atoms with Crippen LogP contribution in [-0.2, 0) is 16.1 Å². The number of carbonyl (C=O) groups excluding carboxylic acids is 1. The van der Waals surface area contributed by atoms with Gasteiger partial charge in [0.25, 0.3) is 5.91 Å². The molecule has 1 aromatic carbocycles. The van der Waals surface area contributed by atoms with Crippen LogP contribution in [0.1, 0.15) is 18.4 Å². The van der Waals surface area contributed by atoms with Crippen molar-refractivity contribution in [2.45, 2.75) is 25.0 Å². The molecule has 0 atom stereocenters. The minimum Gasteiger partial charge on any atom is -0.453 e. The molecule has 0 bridgehead atoms. The summed E-state index contributed by atoms with van der Waals surface area (Å²) < 4.78 is 25.2. The number of hydrogen-bond acceptors (Lipinski definition) is 5. The largest absolute Gasteiger partial charge is 0.453 e. The van der Waals surface area contributed by atoms with Crippen LogP contribution >= 0.6 is 24.8 Å². The standard InChI is InChI=1S/C19H22FN3O3.2ClH/c1-25-19(6-9-21-10-7-19)18(24)23-12-14-4-5-17(16(20)11-14)26-15-3-2-8-22-13-15;;/h2-5,8,11,13,21H,6-7,9-10,12H2,1H3,(H,23,24);2*1H. The molecule has 1 saturated heterocycles. The van der Waals surface area contributed by atoms with Crippen LogP contribution in [0.15, 0.2) is 42.7 Å². The Bertz CT molecular complexity index is 759. The van der Waals surface area contributed by atoms with Gasteiger partial charge in [0.1, 0.15) is 11.4 Å². The molecule has 1 fully saturated rings. The van der Waals surface area contributed by atoms with Gasteiger partial charge in [-0.05, 0) is 55.8 Å². The highest BCUT2D eigenvalue weighted by Gasteiger charge is 2.39. The number of amides is 1. The third-order valence-electron chi connectivity index (χ3n) is 4.53. The van der Waals surface area contributed by atoms with Gasteiger partial charge in [0.15, 0.2) is 11.6 Å². The lowest BCUT2D eigenvalue weighted by Gasteiger charge is -2.34. The Kier molecular flexibility index (Phi) is 9.61. The first-order chi connectivity index (χ1) is 12.6. The average molecular weight is 432 g/mol. The Morgan fingerprint density at radius 1 is 1.29 bits per heavy atom. The van der Waals surface area contributed by atoms with Crippen LogP contribution in [0.2, 0.25) is 0 Å². The fraction of sp³-hybridized carbons (Fsp3) is 0.368. The summed E-state index contributed by atoms with van der Waals surface area (Å²) in [6.45, 7) is 1.69. The molecule has 0 spiro atoms. The predicted octanol–water partition coefficient (Wildman–Crippen LogP) is 3.24. The highest BCUT2D eigenvalue weighted by atomic mass is 35.5. The number of nitrogens with one attached hydrogen (secondary N) is 2. The lowest BCUT2D eigenvalue weighted by Crippen LogP contribution is -2.53. The molecule has 1 aliphatic rings. The van der Waals surface area contributed by atoms with Crippen LogP contribution in [0.5, 0.6) is 11.5 Å². The SMILES string of the molecule is COC1(C(=O)NCc2ccc(Oc3cccnc3)c(F)c2)CCNCC1.Cl.Cl. The van der Waals surface area contributed by atoms with E-state index in [-0.39, 0.29) is 43.0 Å². The van der Waals surface area contributed by atoms with Crippen molar-refractivity contribution in [3.05, 3.63) is 54.1 Å². The maximum atomic E-state index is 14.3. The molecule has 1 aromatic heterocycles. The van der Waals surface area contributed by atoms with Crippen molar-refractivity contribution in [3.8, 4) is 11.5 Å². The van der Waals surface area contributed by atoms with Gasteiger partial charge in [-0.1, -0.05) is 6.07 Å². The summed E-state index contributed by atoms with van der Waals surface area (Å²) >= 11 is 0. The van der Waals surface area contributed by atoms with Gasteiger partial charge in [0.05, 0.1) is 6.20 Å². The molecule has 2 aromatic rings. The minimum atomic E-state index is -0.812. The summed E-state index contributed by atoms with van der Waals surface area (Å²) in [6, 6.07) is 8.03. The van der Waals surface area contributed by atoms with E-state index >= 15 is 0 Å². The maximum absolute atomic E-state index is 14.3. The van der Waals surface area contributed by atoms with E-state index in [9.17, 15) is 9.18 Å². The first-order valence-electron chi connectivity index (χ1n) is 8.53. The third kappa shape index (κ3) is 5.78. The topological polar surface area (TPSA) is 72.5 Å². The van der Waals surface area contributed by atoms with Crippen molar-refractivity contribution in [3.63, 3.8) is 0 Å². The van der Waals surface area contributed by atoms with E-state index in [0.717, 1.165) is 13.1 Å². The molecule has 9 heteroatoms. The fourth-order valence-electron chi connectivity index (χ4n) is 2.97. The second kappa shape index (κ2) is 11.2. The molecule has 0 aliphatic carbocycles. The van der Waals surface area contributed by atoms with Gasteiger partial charge in [0, 0.05) is 19.9 Å². The molecule has 0 unspecified atom stereocenters. The van der Waals surface area contributed by atoms with Crippen molar-refractivity contribution < 1.29 is 18.7 Å². The van der Waals surface area contributed by atoms with Gasteiger partial charge in [-0.3, -0.25) is 9.78 Å². The monoisotopic (exact) mass is 431 g/mol. The van der Waals surface area contributed by atoms with E-state index in [4.69, 9.17) is 9.47 Å². The van der Waals surface area contributed by atoms with E-state index in [1.165, 1.54) is 12.3 Å². The number of halogens is 3. The highest BCUT2D eigenvalue weighted by molar-refractivity contribution is 5.86. The molecule has 154 valence electrons. The fourth-order valence-corrected chi connectivity index (χ4v) is 2.97. The molecule has 6 nitrogen and oxygen atoms in total. The van der Waals surface area contributed by atoms with E-state index in [1.54, 1.807) is 37.6 Å². The molecule has 28 heavy (non-hydrogen) atoms. The molecular formula is C19H24Cl2FN3O3. The summed E-state index contributed by atoms with van der Waals surface area (Å²) in [7, 11) is 1.55. The zero-order valence-electron chi connectivity index (χ0n) is 15.4. The normalized spacial score (nSPS) is 14.9. The summed E-state index contributed by atoms with van der Waals surface area (Å²) in [5.74, 6) is -0.0956. The lowest BCUT2D eigenvalue weighted by molar-refractivity contribution is -0.146. The number of ether oxygens (including phenoxy) is 2. The zero-order valence-corrected chi connectivity index (χ0v) is 17.1. The second-order valence-corrected chi connectivity index (χ2v) is 6.19. The van der Waals surface area contributed by atoms with Crippen LogP contribution in [0.3, 0.4) is 0 Å². The number of aromatic nitrogens is 1. The van der Waals surface area contributed by atoms with Crippen LogP contribution in [0.4, 0.5) is 4.39 Å². The molecule has 2 heterocycles. The van der Waals surface area contributed by atoms with Crippen LogP contribution in [-0.4, -0.2) is 36.7 Å². The third-order valence-corrected chi connectivity index (χ3v) is 4.53. The number of hydrogen-bond donors (Lipinski definition) is 2. The predicted molar refractivity (Wildman–Crippen MR) is 109 cm³/mol. The smallest absolute Gasteiger partial charge is 0.252 e. The molecule has 0 saturated carbocycles. The quantitative estimate of drug-likeness (QED) is 0.734. The van der Waals surface area contributed by atoms with E-state index in [0.29, 0.717) is 24.2 Å². The summed E-state index contributed by atoms with van der Waals surface area (Å²) in [6.07, 6.45) is 4.35. The number of piperidine rings is 1. The Balaban J connectivity index is 0.00000196. The van der Waals surface area contributed by atoms with Gasteiger partial charge >= 0.3 is 0 Å². The van der Waals surface area contributed by atoms with Gasteiger partial charge in [-0.15, -0.1) is 24.8 Å². The van der Waals surface area contributed by atoms with Crippen LogP contribution in [0, 0.1) is 5.82 Å². The average Bonchev–Trinajstić information content (AvgIpc) is 2.69. The van der Waals surface area contributed by atoms with E-state index < -0.39 is 11.4 Å². The summed E-state index contributed by atoms with van der Waals surface area (Å²) in [5, 5.41) is 6.06. The lowest BCUT2D eigenvalue weighted by atomic mass is 9.91. The number of methoxy groups -OCH3 is 1. The zero-order chi connectivity index (χ0) is 18.4. The number of carbonyl (C=O) groups is 1. The highest BCUT2D eigenvalue weighted by Crippen LogP contribution is 2.25. The van der Waals surface area contributed by atoms with Gasteiger partial charge < -0.3 is 20.1 Å². The molecule has 3 rings (SSSR count). The van der Waals surface area contributed by atoms with Gasteiger partial charge in [-0.2, -0.15) is 0 Å². The van der Waals surface area contributed by atoms with Crippen molar-refractivity contribution in [1.29, 1.82) is 0 Å². The molecule has 2 N–H and O–H groups in total. The summed E-state index contributed by atoms with van der Waals surface area (Å²) in [4.78, 5) is 16.5. The Labute approximate surface area is 176 Å². The number of nitrogens with zero attached hydrogens (tertiary/aromatic N) is 1. The number of pyridine rings is 1. The second-order valence-electron chi connectivity index (χ2n) is 6.19. The first-order valence-corrected chi connectivity index (χ1v) is 8.53. The van der Waals surface area contributed by atoms with Gasteiger partial charge in [-0.25, -0.2) is 4.39 Å². The van der Waals surface area contributed by atoms with Crippen molar-refractivity contribution in [2.75, 3.05) is 20.2 Å². The van der Waals surface area contributed by atoms with Crippen molar-refractivity contribution in [2.24, 2.45) is 0 Å². The Morgan fingerprint density at radius 2 is 2.04 bits per heavy atom. The van der Waals surface area contributed by atoms with Crippen LogP contribution in [0.25, 0.3) is 0 Å². The minimum absolute atomic E-state index is 0. The van der Waals surface area contributed by atoms with Crippen molar-refractivity contribution in [1.82, 2.24) is 15.6 Å². The summed E-state index contributed by atoms with van der Waals surface area (Å²) in [5.41, 5.74) is -0.165. The molecular weight excluding hydrogens is 408 g/mol. The number of rotatable bonds is 6. The van der Waals surface area contributed by atoms with Crippen LogP contribution < -0.4 is 15.4 Å². The molecule has 0 radical (unpaired) electrons. The van der Waals surface area contributed by atoms with E-state index in [2.05, 4.69) is 15.6 Å². The molecule has 1 amide bonds. The van der Waals surface area contributed by atoms with Crippen molar-refractivity contribution >= 4 is 30.7 Å². The molecule has 1 aliphatic heterocycles. The first kappa shape index (κ1) is 24.1. The van der Waals surface area contributed by atoms with E-state index in [1.807, 2.05) is 0 Å². The Hall–Kier alpha value is -1.93. The maximum Gasteiger partial charge on any atom is 0.252 e. The van der Waals surface area contributed by atoms with Gasteiger partial charge in [0.2, 0.25) is 0 Å². The number of benzene rings is 1.